The highest BCUT2D eigenvalue weighted by Crippen LogP contribution is 2.33. The molecule has 0 aliphatic carbocycles. The molecule has 1 fully saturated rings. The van der Waals surface area contributed by atoms with Gasteiger partial charge in [-0.1, -0.05) is 5.16 Å². The second kappa shape index (κ2) is 5.86. The van der Waals surface area contributed by atoms with Gasteiger partial charge in [-0.15, -0.1) is 0 Å². The van der Waals surface area contributed by atoms with E-state index in [1.54, 1.807) is 11.3 Å². The lowest BCUT2D eigenvalue weighted by atomic mass is 10.1. The fraction of sp³-hybridized carbons (Fsp3) is 0.538. The van der Waals surface area contributed by atoms with Gasteiger partial charge in [-0.25, -0.2) is 8.42 Å². The number of hydrogen-bond donors (Lipinski definition) is 0. The summed E-state index contributed by atoms with van der Waals surface area (Å²) >= 11 is 1.70. The van der Waals surface area contributed by atoms with Crippen LogP contribution < -0.4 is 0 Å². The molecule has 0 N–H and O–H groups in total. The minimum absolute atomic E-state index is 0.176. The first-order valence-corrected chi connectivity index (χ1v) is 9.77. The van der Waals surface area contributed by atoms with E-state index in [0.29, 0.717) is 18.5 Å². The first-order chi connectivity index (χ1) is 10.0. The van der Waals surface area contributed by atoms with Crippen LogP contribution >= 0.6 is 11.3 Å². The van der Waals surface area contributed by atoms with Crippen LogP contribution in [0.5, 0.6) is 0 Å². The van der Waals surface area contributed by atoms with Gasteiger partial charge in [0.15, 0.2) is 15.7 Å². The Labute approximate surface area is 127 Å². The van der Waals surface area contributed by atoms with Gasteiger partial charge in [-0.2, -0.15) is 16.3 Å². The summed E-state index contributed by atoms with van der Waals surface area (Å²) in [5.41, 5.74) is 1.33. The van der Waals surface area contributed by atoms with Crippen LogP contribution in [0.4, 0.5) is 0 Å². The molecule has 21 heavy (non-hydrogen) atoms. The van der Waals surface area contributed by atoms with E-state index in [2.05, 4.69) is 31.9 Å². The second-order valence-corrected chi connectivity index (χ2v) is 8.28. The lowest BCUT2D eigenvalue weighted by Gasteiger charge is -2.21. The third-order valence-corrected chi connectivity index (χ3v) is 5.02. The lowest BCUT2D eigenvalue weighted by molar-refractivity contribution is 0.212. The number of rotatable bonds is 5. The highest BCUT2D eigenvalue weighted by molar-refractivity contribution is 7.89. The van der Waals surface area contributed by atoms with E-state index < -0.39 is 9.84 Å². The zero-order valence-corrected chi connectivity index (χ0v) is 13.4. The molecule has 3 rings (SSSR count). The normalized spacial score (nSPS) is 20.1. The Morgan fingerprint density at radius 3 is 3.10 bits per heavy atom. The van der Waals surface area contributed by atoms with E-state index >= 15 is 0 Å². The van der Waals surface area contributed by atoms with Crippen LogP contribution in [0, 0.1) is 0 Å². The molecule has 1 saturated heterocycles. The molecule has 3 heterocycles. The Kier molecular flexibility index (Phi) is 4.10. The maximum atomic E-state index is 11.2. The Hall–Kier alpha value is -1.25. The van der Waals surface area contributed by atoms with Gasteiger partial charge in [0.25, 0.3) is 0 Å². The molecule has 2 aromatic heterocycles. The summed E-state index contributed by atoms with van der Waals surface area (Å²) in [4.78, 5) is 6.48. The smallest absolute Gasteiger partial charge is 0.240 e. The van der Waals surface area contributed by atoms with Gasteiger partial charge in [0.2, 0.25) is 5.89 Å². The molecule has 8 heteroatoms. The van der Waals surface area contributed by atoms with Gasteiger partial charge in [0.1, 0.15) is 5.75 Å². The Morgan fingerprint density at radius 1 is 1.52 bits per heavy atom. The largest absolute Gasteiger partial charge is 0.338 e. The molecule has 6 nitrogen and oxygen atoms in total. The molecule has 1 aliphatic rings. The van der Waals surface area contributed by atoms with E-state index in [1.807, 2.05) is 0 Å². The lowest BCUT2D eigenvalue weighted by Crippen LogP contribution is -2.22. The van der Waals surface area contributed by atoms with Crippen molar-refractivity contribution in [1.29, 1.82) is 0 Å². The number of aromatic nitrogens is 2. The number of likely N-dealkylation sites (tertiary alicyclic amines) is 1. The second-order valence-electron chi connectivity index (χ2n) is 5.36. The summed E-state index contributed by atoms with van der Waals surface area (Å²) in [5, 5.41) is 8.00. The van der Waals surface area contributed by atoms with Crippen molar-refractivity contribution in [3.8, 4) is 0 Å². The van der Waals surface area contributed by atoms with Crippen LogP contribution in [0.15, 0.2) is 21.3 Å². The fourth-order valence-corrected chi connectivity index (χ4v) is 3.97. The van der Waals surface area contributed by atoms with E-state index in [4.69, 9.17) is 4.52 Å². The van der Waals surface area contributed by atoms with Crippen molar-refractivity contribution < 1.29 is 12.9 Å². The molecule has 0 spiro atoms. The summed E-state index contributed by atoms with van der Waals surface area (Å²) in [5.74, 6) is 0.541. The fourth-order valence-electron chi connectivity index (χ4n) is 2.68. The van der Waals surface area contributed by atoms with Crippen LogP contribution in [-0.2, 0) is 22.1 Å². The molecule has 2 aromatic rings. The van der Waals surface area contributed by atoms with Crippen LogP contribution in [0.25, 0.3) is 0 Å². The van der Waals surface area contributed by atoms with Gasteiger partial charge in [-0.3, -0.25) is 4.90 Å². The standard InChI is InChI=1S/C13H17N3O3S2/c1-21(17,18)9-12-14-13(19-15-12)7-16-5-2-3-11(16)10-4-6-20-8-10/h4,6,8,11H,2-3,5,7,9H2,1H3/t11-/m1/s1. The van der Waals surface area contributed by atoms with Crippen LogP contribution in [0.2, 0.25) is 0 Å². The molecule has 0 aromatic carbocycles. The molecule has 1 aliphatic heterocycles. The van der Waals surface area contributed by atoms with Crippen LogP contribution in [0.3, 0.4) is 0 Å². The zero-order valence-electron chi connectivity index (χ0n) is 11.7. The van der Waals surface area contributed by atoms with Gasteiger partial charge < -0.3 is 4.52 Å². The van der Waals surface area contributed by atoms with Gasteiger partial charge in [-0.05, 0) is 41.8 Å². The van der Waals surface area contributed by atoms with E-state index in [-0.39, 0.29) is 11.6 Å². The summed E-state index contributed by atoms with van der Waals surface area (Å²) in [6.07, 6.45) is 3.43. The van der Waals surface area contributed by atoms with Crippen molar-refractivity contribution >= 4 is 21.2 Å². The Morgan fingerprint density at radius 2 is 2.38 bits per heavy atom. The molecule has 1 atom stereocenters. The Balaban J connectivity index is 1.69. The molecule has 0 radical (unpaired) electrons. The van der Waals surface area contributed by atoms with E-state index in [0.717, 1.165) is 25.6 Å². The first-order valence-electron chi connectivity index (χ1n) is 6.76. The quantitative estimate of drug-likeness (QED) is 0.836. The molecule has 0 unspecified atom stereocenters. The molecular weight excluding hydrogens is 310 g/mol. The number of thiophene rings is 1. The van der Waals surface area contributed by atoms with Crippen molar-refractivity contribution in [3.05, 3.63) is 34.1 Å². The SMILES string of the molecule is CS(=O)(=O)Cc1noc(CN2CCC[C@@H]2c2ccsc2)n1. The van der Waals surface area contributed by atoms with Crippen molar-refractivity contribution in [3.63, 3.8) is 0 Å². The average Bonchev–Trinajstić information content (AvgIpc) is 3.08. The molecular formula is C13H17N3O3S2. The summed E-state index contributed by atoms with van der Waals surface area (Å²) in [7, 11) is -3.13. The monoisotopic (exact) mass is 327 g/mol. The topological polar surface area (TPSA) is 76.3 Å². The number of nitrogens with zero attached hydrogens (tertiary/aromatic N) is 3. The van der Waals surface area contributed by atoms with Crippen molar-refractivity contribution in [2.24, 2.45) is 0 Å². The number of hydrogen-bond acceptors (Lipinski definition) is 7. The molecule has 114 valence electrons. The predicted molar refractivity (Wildman–Crippen MR) is 79.5 cm³/mol. The van der Waals surface area contributed by atoms with Gasteiger partial charge in [0, 0.05) is 12.3 Å². The molecule has 0 amide bonds. The number of sulfone groups is 1. The van der Waals surface area contributed by atoms with Gasteiger partial charge in [0.05, 0.1) is 6.54 Å². The summed E-state index contributed by atoms with van der Waals surface area (Å²) < 4.78 is 27.6. The Bertz CT molecular complexity index is 694. The van der Waals surface area contributed by atoms with Crippen molar-refractivity contribution in [2.45, 2.75) is 31.2 Å². The zero-order chi connectivity index (χ0) is 14.9. The third kappa shape index (κ3) is 3.69. The van der Waals surface area contributed by atoms with Gasteiger partial charge >= 0.3 is 0 Å². The summed E-state index contributed by atoms with van der Waals surface area (Å²) in [6.45, 7) is 1.56. The first kappa shape index (κ1) is 14.7. The predicted octanol–water partition coefficient (Wildman–Crippen LogP) is 2.01. The van der Waals surface area contributed by atoms with Crippen LogP contribution in [0.1, 0.15) is 36.2 Å². The van der Waals surface area contributed by atoms with Crippen molar-refractivity contribution in [1.82, 2.24) is 15.0 Å². The average molecular weight is 327 g/mol. The maximum Gasteiger partial charge on any atom is 0.240 e. The molecule has 0 bridgehead atoms. The van der Waals surface area contributed by atoms with Crippen molar-refractivity contribution in [2.75, 3.05) is 12.8 Å². The van der Waals surface area contributed by atoms with E-state index in [9.17, 15) is 8.42 Å². The highest BCUT2D eigenvalue weighted by Gasteiger charge is 2.27. The van der Waals surface area contributed by atoms with Crippen LogP contribution in [-0.4, -0.2) is 36.3 Å². The summed E-state index contributed by atoms with van der Waals surface area (Å²) in [6, 6.07) is 2.54. The highest BCUT2D eigenvalue weighted by atomic mass is 32.2. The third-order valence-electron chi connectivity index (χ3n) is 3.53. The van der Waals surface area contributed by atoms with E-state index in [1.165, 1.54) is 5.56 Å². The minimum atomic E-state index is -3.13. The minimum Gasteiger partial charge on any atom is -0.338 e. The maximum absolute atomic E-state index is 11.2. The molecule has 0 saturated carbocycles.